The highest BCUT2D eigenvalue weighted by molar-refractivity contribution is 7.92. The first kappa shape index (κ1) is 28.5. The number of nitrogens with one attached hydrogen (secondary N) is 2. The molecule has 226 valence electrons. The summed E-state index contributed by atoms with van der Waals surface area (Å²) >= 11 is 1.63. The van der Waals surface area contributed by atoms with Crippen molar-refractivity contribution in [2.75, 3.05) is 17.2 Å². The predicted molar refractivity (Wildman–Crippen MR) is 170 cm³/mol. The molecule has 43 heavy (non-hydrogen) atoms. The van der Waals surface area contributed by atoms with Gasteiger partial charge >= 0.3 is 0 Å². The van der Waals surface area contributed by atoms with Gasteiger partial charge in [0.1, 0.15) is 5.82 Å². The summed E-state index contributed by atoms with van der Waals surface area (Å²) < 4.78 is 35.2. The Bertz CT molecular complexity index is 1670. The van der Waals surface area contributed by atoms with E-state index in [9.17, 15) is 8.42 Å². The van der Waals surface area contributed by atoms with E-state index in [0.717, 1.165) is 78.5 Å². The lowest BCUT2D eigenvalue weighted by Gasteiger charge is -2.28. The van der Waals surface area contributed by atoms with Crippen LogP contribution in [0.5, 0.6) is 0 Å². The van der Waals surface area contributed by atoms with Gasteiger partial charge in [-0.2, -0.15) is 5.10 Å². The maximum absolute atomic E-state index is 13.7. The number of benzene rings is 1. The molecule has 9 nitrogen and oxygen atoms in total. The zero-order chi connectivity index (χ0) is 29.4. The molecule has 1 atom stereocenters. The normalized spacial score (nSPS) is 22.8. The van der Waals surface area contributed by atoms with E-state index in [4.69, 9.17) is 14.8 Å². The molecule has 1 unspecified atom stereocenters. The van der Waals surface area contributed by atoms with Crippen molar-refractivity contribution in [1.29, 1.82) is 0 Å². The molecule has 1 aliphatic heterocycles. The van der Waals surface area contributed by atoms with E-state index < -0.39 is 9.84 Å². The van der Waals surface area contributed by atoms with Crippen LogP contribution in [0.3, 0.4) is 0 Å². The second-order valence-corrected chi connectivity index (χ2v) is 15.2. The lowest BCUT2D eigenvalue weighted by molar-refractivity contribution is -0.0404. The number of thiazole rings is 1. The van der Waals surface area contributed by atoms with E-state index in [1.54, 1.807) is 17.4 Å². The van der Waals surface area contributed by atoms with E-state index in [1.165, 1.54) is 0 Å². The fourth-order valence-corrected chi connectivity index (χ4v) is 9.33. The van der Waals surface area contributed by atoms with Gasteiger partial charge in [0.2, 0.25) is 0 Å². The summed E-state index contributed by atoms with van der Waals surface area (Å²) in [6, 6.07) is 14.0. The zero-order valence-corrected chi connectivity index (χ0v) is 26.0. The topological polar surface area (TPSA) is 111 Å². The van der Waals surface area contributed by atoms with Crippen molar-refractivity contribution >= 4 is 38.5 Å². The van der Waals surface area contributed by atoms with Crippen molar-refractivity contribution in [1.82, 2.24) is 19.7 Å². The molecule has 7 rings (SSSR count). The number of anilines is 3. The van der Waals surface area contributed by atoms with Gasteiger partial charge in [-0.1, -0.05) is 12.1 Å². The first-order valence-corrected chi connectivity index (χ1v) is 17.8. The second-order valence-electron chi connectivity index (χ2n) is 12.0. The number of hydrogen-bond acceptors (Lipinski definition) is 9. The molecule has 0 spiro atoms. The Morgan fingerprint density at radius 3 is 2.56 bits per heavy atom. The van der Waals surface area contributed by atoms with E-state index in [-0.39, 0.29) is 11.5 Å². The number of aryl methyl sites for hydroxylation is 1. The molecule has 1 saturated heterocycles. The highest BCUT2D eigenvalue weighted by Gasteiger charge is 2.39. The average molecular weight is 619 g/mol. The fraction of sp³-hybridized carbons (Fsp3) is 0.469. The first-order chi connectivity index (χ1) is 20.9. The molecular weight excluding hydrogens is 581 g/mol. The monoisotopic (exact) mass is 618 g/mol. The lowest BCUT2D eigenvalue weighted by Crippen LogP contribution is -2.25. The highest BCUT2D eigenvalue weighted by Crippen LogP contribution is 2.43. The van der Waals surface area contributed by atoms with Crippen LogP contribution in [-0.4, -0.2) is 46.1 Å². The van der Waals surface area contributed by atoms with Gasteiger partial charge in [-0.15, -0.1) is 11.3 Å². The van der Waals surface area contributed by atoms with Gasteiger partial charge in [0.15, 0.2) is 21.9 Å². The van der Waals surface area contributed by atoms with Crippen LogP contribution >= 0.6 is 11.3 Å². The maximum Gasteiger partial charge on any atom is 0.181 e. The van der Waals surface area contributed by atoms with Crippen molar-refractivity contribution < 1.29 is 13.2 Å². The van der Waals surface area contributed by atoms with Crippen LogP contribution in [0.4, 0.5) is 17.3 Å². The molecule has 2 saturated carbocycles. The van der Waals surface area contributed by atoms with Crippen molar-refractivity contribution in [2.24, 2.45) is 0 Å². The molecule has 1 aromatic carbocycles. The number of rotatable bonds is 9. The Labute approximate surface area is 257 Å². The third-order valence-electron chi connectivity index (χ3n) is 8.76. The number of nitrogens with zero attached hydrogens (tertiary/aromatic N) is 4. The van der Waals surface area contributed by atoms with Gasteiger partial charge in [-0.3, -0.25) is 0 Å². The number of pyridine rings is 1. The van der Waals surface area contributed by atoms with Crippen molar-refractivity contribution in [2.45, 2.75) is 93.0 Å². The molecule has 4 heterocycles. The fourth-order valence-electron chi connectivity index (χ4n) is 6.24. The van der Waals surface area contributed by atoms with Crippen LogP contribution in [0.1, 0.15) is 80.6 Å². The summed E-state index contributed by atoms with van der Waals surface area (Å²) in [7, 11) is -3.45. The number of ether oxygens (including phenoxy) is 1. The van der Waals surface area contributed by atoms with Crippen LogP contribution in [0, 0.1) is 6.92 Å². The smallest absolute Gasteiger partial charge is 0.181 e. The second kappa shape index (κ2) is 12.0. The maximum atomic E-state index is 13.7. The van der Waals surface area contributed by atoms with Crippen LogP contribution in [0.25, 0.3) is 10.4 Å². The summed E-state index contributed by atoms with van der Waals surface area (Å²) in [4.78, 5) is 10.5. The molecule has 0 bridgehead atoms. The minimum absolute atomic E-state index is 0.0508. The molecule has 0 amide bonds. The molecule has 2 N–H and O–H groups in total. The third kappa shape index (κ3) is 6.21. The molecule has 4 aromatic rings. The molecule has 3 fully saturated rings. The Kier molecular flexibility index (Phi) is 7.96. The van der Waals surface area contributed by atoms with E-state index in [2.05, 4.69) is 15.6 Å². The van der Waals surface area contributed by atoms with Crippen LogP contribution in [0.2, 0.25) is 0 Å². The van der Waals surface area contributed by atoms with Crippen molar-refractivity contribution in [3.63, 3.8) is 0 Å². The predicted octanol–water partition coefficient (Wildman–Crippen LogP) is 7.23. The number of aromatic nitrogens is 4. The van der Waals surface area contributed by atoms with Crippen LogP contribution in [0.15, 0.2) is 59.8 Å². The van der Waals surface area contributed by atoms with Crippen LogP contribution < -0.4 is 10.6 Å². The molecule has 3 aromatic heterocycles. The molecule has 0 radical (unpaired) electrons. The van der Waals surface area contributed by atoms with Gasteiger partial charge in [-0.05, 0) is 89.0 Å². The molecule has 2 aliphatic carbocycles. The minimum atomic E-state index is -3.45. The van der Waals surface area contributed by atoms with E-state index in [0.29, 0.717) is 41.2 Å². The Balaban J connectivity index is 1.09. The van der Waals surface area contributed by atoms with Gasteiger partial charge in [0.25, 0.3) is 0 Å². The van der Waals surface area contributed by atoms with Gasteiger partial charge in [0.05, 0.1) is 20.0 Å². The Morgan fingerprint density at radius 2 is 1.81 bits per heavy atom. The minimum Gasteiger partial charge on any atom is -0.367 e. The van der Waals surface area contributed by atoms with Gasteiger partial charge in [0, 0.05) is 54.0 Å². The first-order valence-electron chi connectivity index (χ1n) is 15.4. The standard InChI is InChI=1S/C32H38N6O3S2/c1-21-18-30(37-38(21)31-7-3-5-17-41-31)36-24-12-15-26(28(19-24)43(39,40)25-13-14-25)27-20-34-32(42-27)22-8-10-23(11-9-22)35-29-6-2-4-16-33-29/h2,4,6,12,15-16,18-20,22-23,25,31H,3,5,7-11,13-14,17H2,1H3,(H,33,35)(H,36,37). The zero-order valence-electron chi connectivity index (χ0n) is 24.4. The average Bonchev–Trinajstić information content (AvgIpc) is 3.68. The van der Waals surface area contributed by atoms with E-state index in [1.807, 2.05) is 60.4 Å². The quantitative estimate of drug-likeness (QED) is 0.202. The Hall–Kier alpha value is -3.28. The highest BCUT2D eigenvalue weighted by atomic mass is 32.2. The van der Waals surface area contributed by atoms with E-state index >= 15 is 0 Å². The molecular formula is C32H38N6O3S2. The SMILES string of the molecule is Cc1cc(Nc2ccc(-c3cnc(C4CCC(Nc5ccccn5)CC4)s3)c(S(=O)(=O)C3CC3)c2)nn1C1CCCCO1. The lowest BCUT2D eigenvalue weighted by atomic mass is 9.86. The summed E-state index contributed by atoms with van der Waals surface area (Å²) in [6.07, 6.45) is 12.4. The van der Waals surface area contributed by atoms with Crippen molar-refractivity contribution in [3.05, 3.63) is 65.6 Å². The van der Waals surface area contributed by atoms with Gasteiger partial charge < -0.3 is 15.4 Å². The van der Waals surface area contributed by atoms with Gasteiger partial charge in [-0.25, -0.2) is 23.1 Å². The largest absolute Gasteiger partial charge is 0.367 e. The summed E-state index contributed by atoms with van der Waals surface area (Å²) in [6.45, 7) is 2.77. The van der Waals surface area contributed by atoms with Crippen LogP contribution in [-0.2, 0) is 14.6 Å². The Morgan fingerprint density at radius 1 is 0.953 bits per heavy atom. The number of sulfone groups is 1. The summed E-state index contributed by atoms with van der Waals surface area (Å²) in [5, 5.41) is 12.4. The summed E-state index contributed by atoms with van der Waals surface area (Å²) in [5.74, 6) is 1.99. The third-order valence-corrected chi connectivity index (χ3v) is 12.2. The number of hydrogen-bond donors (Lipinski definition) is 2. The van der Waals surface area contributed by atoms with Crippen molar-refractivity contribution in [3.8, 4) is 10.4 Å². The molecule has 3 aliphatic rings. The molecule has 11 heteroatoms. The summed E-state index contributed by atoms with van der Waals surface area (Å²) in [5.41, 5.74) is 2.46.